The van der Waals surface area contributed by atoms with E-state index in [1.807, 2.05) is 37.3 Å². The Kier molecular flexibility index (Phi) is 11.4. The summed E-state index contributed by atoms with van der Waals surface area (Å²) < 4.78 is 44.7. The Morgan fingerprint density at radius 2 is 1.46 bits per heavy atom. The van der Waals surface area contributed by atoms with E-state index in [0.717, 1.165) is 5.56 Å². The average molecular weight is 573 g/mol. The third-order valence-corrected chi connectivity index (χ3v) is 15.4. The van der Waals surface area contributed by atoms with E-state index in [0.29, 0.717) is 16.7 Å². The van der Waals surface area contributed by atoms with Gasteiger partial charge in [0.25, 0.3) is 0 Å². The molecule has 0 aromatic heterocycles. The van der Waals surface area contributed by atoms with Crippen LogP contribution >= 0.6 is 0 Å². The van der Waals surface area contributed by atoms with E-state index in [-0.39, 0.29) is 24.9 Å². The molecule has 0 heterocycles. The molecule has 2 aromatic rings. The third-order valence-electron chi connectivity index (χ3n) is 6.36. The molecule has 0 aliphatic rings. The molecular weight excluding hydrogens is 532 g/mol. The Balaban J connectivity index is 2.60. The molecule has 2 rings (SSSR count). The molecule has 7 nitrogen and oxygen atoms in total. The zero-order valence-corrected chi connectivity index (χ0v) is 25.7. The van der Waals surface area contributed by atoms with E-state index >= 15 is 0 Å². The van der Waals surface area contributed by atoms with Gasteiger partial charge < -0.3 is 14.2 Å². The first-order valence-corrected chi connectivity index (χ1v) is 18.6. The molecular formula is C30H40O7SSi. The number of carbonyl (C=O) groups excluding carboxylic acids is 2. The molecule has 0 bridgehead atoms. The number of hydrogen-bond donors (Lipinski definition) is 0. The van der Waals surface area contributed by atoms with Gasteiger partial charge in [0.05, 0.1) is 17.8 Å². The van der Waals surface area contributed by atoms with Crippen molar-refractivity contribution < 1.29 is 32.2 Å². The van der Waals surface area contributed by atoms with Crippen molar-refractivity contribution in [1.82, 2.24) is 0 Å². The summed E-state index contributed by atoms with van der Waals surface area (Å²) in [6, 6.07) is 18.0. The molecule has 0 amide bonds. The van der Waals surface area contributed by atoms with Gasteiger partial charge in [-0.1, -0.05) is 74.8 Å². The van der Waals surface area contributed by atoms with Crippen LogP contribution in [0.4, 0.5) is 0 Å². The van der Waals surface area contributed by atoms with Crippen LogP contribution in [0, 0.1) is 0 Å². The van der Waals surface area contributed by atoms with E-state index in [2.05, 4.69) is 6.58 Å². The van der Waals surface area contributed by atoms with Crippen molar-refractivity contribution in [1.29, 1.82) is 0 Å². The van der Waals surface area contributed by atoms with Crippen molar-refractivity contribution in [2.45, 2.75) is 71.2 Å². The maximum absolute atomic E-state index is 13.6. The second-order valence-electron chi connectivity index (χ2n) is 10.5. The van der Waals surface area contributed by atoms with Crippen molar-refractivity contribution in [3.05, 3.63) is 95.3 Å². The molecule has 0 saturated heterocycles. The molecule has 0 aliphatic carbocycles. The highest BCUT2D eigenvalue weighted by Crippen LogP contribution is 2.32. The lowest BCUT2D eigenvalue weighted by Gasteiger charge is -2.30. The van der Waals surface area contributed by atoms with Gasteiger partial charge in [-0.25, -0.2) is 13.2 Å². The summed E-state index contributed by atoms with van der Waals surface area (Å²) in [5.74, 6) is -1.06. The van der Waals surface area contributed by atoms with Gasteiger partial charge in [-0.15, -0.1) is 0 Å². The molecule has 9 heteroatoms. The fourth-order valence-corrected chi connectivity index (χ4v) is 9.00. The average Bonchev–Trinajstić information content (AvgIpc) is 2.89. The molecule has 1 unspecified atom stereocenters. The van der Waals surface area contributed by atoms with Crippen LogP contribution in [-0.4, -0.2) is 45.5 Å². The number of esters is 2. The highest BCUT2D eigenvalue weighted by atomic mass is 32.4. The molecule has 0 aliphatic heterocycles. The summed E-state index contributed by atoms with van der Waals surface area (Å²) >= 11 is 0. The second kappa shape index (κ2) is 13.9. The lowest BCUT2D eigenvalue weighted by Crippen LogP contribution is -2.42. The van der Waals surface area contributed by atoms with Crippen LogP contribution in [0.25, 0.3) is 0 Å². The minimum Gasteiger partial charge on any atom is -0.461 e. The number of benzene rings is 2. The van der Waals surface area contributed by atoms with Crippen LogP contribution in [0.5, 0.6) is 0 Å². The van der Waals surface area contributed by atoms with Crippen LogP contribution in [0.2, 0.25) is 19.6 Å². The van der Waals surface area contributed by atoms with E-state index in [4.69, 9.17) is 14.2 Å². The van der Waals surface area contributed by atoms with Crippen LogP contribution in [0.15, 0.2) is 84.1 Å². The van der Waals surface area contributed by atoms with Gasteiger partial charge in [-0.05, 0) is 49.6 Å². The number of hydrogen-bond acceptors (Lipinski definition) is 7. The van der Waals surface area contributed by atoms with Crippen LogP contribution < -0.4 is 0 Å². The van der Waals surface area contributed by atoms with Gasteiger partial charge in [0.2, 0.25) is 0 Å². The number of ether oxygens (including phenoxy) is 3. The van der Waals surface area contributed by atoms with Crippen molar-refractivity contribution in [3.63, 3.8) is 0 Å². The van der Waals surface area contributed by atoms with Crippen molar-refractivity contribution >= 4 is 28.4 Å². The van der Waals surface area contributed by atoms with Gasteiger partial charge in [0, 0.05) is 13.3 Å². The summed E-state index contributed by atoms with van der Waals surface area (Å²) in [5, 5.41) is -1.09. The minimum atomic E-state index is -3.66. The first-order chi connectivity index (χ1) is 18.1. The summed E-state index contributed by atoms with van der Waals surface area (Å²) in [6.07, 6.45) is -0.855. The normalized spacial score (nSPS) is 14.9. The summed E-state index contributed by atoms with van der Waals surface area (Å²) in [5.41, 5.74) is 2.26. The number of rotatable bonds is 13. The first kappa shape index (κ1) is 32.2. The highest BCUT2D eigenvalue weighted by Gasteiger charge is 2.41. The van der Waals surface area contributed by atoms with E-state index < -0.39 is 39.8 Å². The maximum Gasteiger partial charge on any atom is 0.343 e. The minimum absolute atomic E-state index is 0.00984. The van der Waals surface area contributed by atoms with Gasteiger partial charge in [0.1, 0.15) is 26.9 Å². The Morgan fingerprint density at radius 3 is 1.97 bits per heavy atom. The summed E-state index contributed by atoms with van der Waals surface area (Å²) in [7, 11) is -6.39. The largest absolute Gasteiger partial charge is 0.461 e. The smallest absolute Gasteiger partial charge is 0.343 e. The molecule has 0 N–H and O–H groups in total. The lowest BCUT2D eigenvalue weighted by atomic mass is 10.0. The van der Waals surface area contributed by atoms with Crippen LogP contribution in [0.1, 0.15) is 56.1 Å². The lowest BCUT2D eigenvalue weighted by molar-refractivity contribution is -0.140. The Labute approximate surface area is 233 Å². The van der Waals surface area contributed by atoms with Gasteiger partial charge in [-0.3, -0.25) is 4.79 Å². The van der Waals surface area contributed by atoms with Crippen molar-refractivity contribution in [2.75, 3.05) is 6.61 Å². The van der Waals surface area contributed by atoms with Crippen LogP contribution in [0.3, 0.4) is 0 Å². The molecule has 0 fully saturated rings. The van der Waals surface area contributed by atoms with Gasteiger partial charge in [-0.2, -0.15) is 0 Å². The highest BCUT2D eigenvalue weighted by molar-refractivity contribution is 8.22. The maximum atomic E-state index is 13.6. The SMILES string of the molecule is C=C(COC(C)=O)CC(O[C@H](C)c1ccccc1)/C(C)=C(/OC(=O)c1ccccc1)[C@H](C)S(=O)(=O)[Si](C)(C)C. The van der Waals surface area contributed by atoms with Gasteiger partial charge in [0.15, 0.2) is 7.22 Å². The predicted molar refractivity (Wildman–Crippen MR) is 156 cm³/mol. The predicted octanol–water partition coefficient (Wildman–Crippen LogP) is 6.41. The molecule has 212 valence electrons. The number of carbonyl (C=O) groups is 2. The molecule has 0 saturated carbocycles. The molecule has 2 aromatic carbocycles. The first-order valence-electron chi connectivity index (χ1n) is 12.9. The molecule has 0 radical (unpaired) electrons. The van der Waals surface area contributed by atoms with E-state index in [1.54, 1.807) is 63.8 Å². The molecule has 39 heavy (non-hydrogen) atoms. The fourth-order valence-electron chi connectivity index (χ4n) is 3.92. The second-order valence-corrected chi connectivity index (χ2v) is 21.9. The zero-order valence-electron chi connectivity index (χ0n) is 23.9. The summed E-state index contributed by atoms with van der Waals surface area (Å²) in [4.78, 5) is 24.5. The topological polar surface area (TPSA) is 96.0 Å². The monoisotopic (exact) mass is 572 g/mol. The van der Waals surface area contributed by atoms with E-state index in [9.17, 15) is 18.0 Å². The standard InChI is InChI=1S/C30H40O7SSi/c1-21(20-35-25(5)31)19-28(36-23(3)26-15-11-9-12-16-26)22(2)29(24(4)38(33,34)39(6,7)8)37-30(32)27-17-13-10-14-18-27/h9-18,23-24,28H,1,19-20H2,2-8H3/b29-22+/t23-,24+,28?/m1/s1. The zero-order chi connectivity index (χ0) is 29.4. The van der Waals surface area contributed by atoms with Crippen molar-refractivity contribution in [3.8, 4) is 0 Å². The van der Waals surface area contributed by atoms with Crippen molar-refractivity contribution in [2.24, 2.45) is 0 Å². The quantitative estimate of drug-likeness (QED) is 0.118. The van der Waals surface area contributed by atoms with Crippen LogP contribution in [-0.2, 0) is 28.3 Å². The Hall–Kier alpha value is -3.01. The summed E-state index contributed by atoms with van der Waals surface area (Å²) in [6.45, 7) is 15.7. The molecule has 3 atom stereocenters. The fraction of sp³-hybridized carbons (Fsp3) is 0.400. The third kappa shape index (κ3) is 9.01. The Bertz CT molecular complexity index is 1280. The van der Waals surface area contributed by atoms with E-state index in [1.165, 1.54) is 6.92 Å². The van der Waals surface area contributed by atoms with Gasteiger partial charge >= 0.3 is 11.9 Å². The Morgan fingerprint density at radius 1 is 0.923 bits per heavy atom. The molecule has 0 spiro atoms.